The Morgan fingerprint density at radius 3 is 2.53 bits per heavy atom. The van der Waals surface area contributed by atoms with Gasteiger partial charge in [0.15, 0.2) is 0 Å². The first-order valence-corrected chi connectivity index (χ1v) is 10.2. The number of nitrogens with zero attached hydrogens (tertiary/aromatic N) is 2. The summed E-state index contributed by atoms with van der Waals surface area (Å²) in [4.78, 5) is 41.3. The van der Waals surface area contributed by atoms with E-state index in [1.807, 2.05) is 50.2 Å². The van der Waals surface area contributed by atoms with E-state index in [1.54, 1.807) is 25.3 Å². The summed E-state index contributed by atoms with van der Waals surface area (Å²) in [6.45, 7) is 3.75. The highest BCUT2D eigenvalue weighted by Crippen LogP contribution is 2.23. The summed E-state index contributed by atoms with van der Waals surface area (Å²) in [6.07, 6.45) is 1.87. The number of rotatable bonds is 4. The lowest BCUT2D eigenvalue weighted by atomic mass is 9.97. The Labute approximate surface area is 181 Å². The molecule has 1 fully saturated rings. The molecule has 0 spiro atoms. The molecule has 3 rings (SSSR count). The standard InChI is InChI=1S/C24H25ClN2O3/c1-16-9-10-21(25)13-19(16)12-20-14-26(3)23(29)15-27(24(20)30)22(28)11-17(2)18-7-5-4-6-8-18/h4-10,12-13,17H,11,14-15H2,1-3H3/b20-12+/t17-/m0/s1. The molecule has 1 aliphatic rings. The molecule has 2 aromatic carbocycles. The zero-order valence-electron chi connectivity index (χ0n) is 17.4. The molecular weight excluding hydrogens is 400 g/mol. The van der Waals surface area contributed by atoms with Gasteiger partial charge in [0.1, 0.15) is 6.54 Å². The molecule has 1 saturated heterocycles. The monoisotopic (exact) mass is 424 g/mol. The van der Waals surface area contributed by atoms with Gasteiger partial charge in [0.2, 0.25) is 11.8 Å². The van der Waals surface area contributed by atoms with E-state index >= 15 is 0 Å². The average Bonchev–Trinajstić information content (AvgIpc) is 2.83. The molecule has 1 aliphatic heterocycles. The Morgan fingerprint density at radius 2 is 1.83 bits per heavy atom. The number of halogens is 1. The minimum Gasteiger partial charge on any atom is -0.340 e. The Kier molecular flexibility index (Phi) is 6.73. The average molecular weight is 425 g/mol. The van der Waals surface area contributed by atoms with Gasteiger partial charge in [-0.15, -0.1) is 0 Å². The molecular formula is C24H25ClN2O3. The first-order chi connectivity index (χ1) is 14.3. The van der Waals surface area contributed by atoms with Gasteiger partial charge in [-0.05, 0) is 47.7 Å². The minimum absolute atomic E-state index is 0.0646. The molecule has 0 bridgehead atoms. The van der Waals surface area contributed by atoms with Crippen LogP contribution in [0, 0.1) is 6.92 Å². The Bertz CT molecular complexity index is 1000. The zero-order valence-corrected chi connectivity index (χ0v) is 18.1. The summed E-state index contributed by atoms with van der Waals surface area (Å²) in [6, 6.07) is 15.1. The van der Waals surface area contributed by atoms with Crippen LogP contribution in [0.2, 0.25) is 5.02 Å². The third-order valence-electron chi connectivity index (χ3n) is 5.37. The highest BCUT2D eigenvalue weighted by Gasteiger charge is 2.33. The molecule has 2 aromatic rings. The normalized spacial score (nSPS) is 17.3. The number of carbonyl (C=O) groups is 3. The van der Waals surface area contributed by atoms with Crippen molar-refractivity contribution < 1.29 is 14.4 Å². The van der Waals surface area contributed by atoms with Crippen molar-refractivity contribution in [1.82, 2.24) is 9.80 Å². The fraction of sp³-hybridized carbons (Fsp3) is 0.292. The predicted octanol–water partition coefficient (Wildman–Crippen LogP) is 4.05. The van der Waals surface area contributed by atoms with Crippen LogP contribution < -0.4 is 0 Å². The molecule has 1 heterocycles. The first kappa shape index (κ1) is 21.8. The highest BCUT2D eigenvalue weighted by molar-refractivity contribution is 6.30. The molecule has 0 N–H and O–H groups in total. The largest absolute Gasteiger partial charge is 0.340 e. The van der Waals surface area contributed by atoms with E-state index < -0.39 is 5.91 Å². The van der Waals surface area contributed by atoms with Crippen LogP contribution in [0.15, 0.2) is 54.1 Å². The number of aryl methyl sites for hydroxylation is 1. The van der Waals surface area contributed by atoms with Crippen molar-refractivity contribution in [3.8, 4) is 0 Å². The van der Waals surface area contributed by atoms with Gasteiger partial charge < -0.3 is 4.90 Å². The van der Waals surface area contributed by atoms with E-state index in [-0.39, 0.29) is 37.2 Å². The number of likely N-dealkylation sites (N-methyl/N-ethyl adjacent to an activating group) is 1. The number of imide groups is 1. The summed E-state index contributed by atoms with van der Waals surface area (Å²) in [7, 11) is 1.63. The Balaban J connectivity index is 1.89. The van der Waals surface area contributed by atoms with Gasteiger partial charge in [-0.3, -0.25) is 19.3 Å². The lowest BCUT2D eigenvalue weighted by molar-refractivity contribution is -0.146. The fourth-order valence-corrected chi connectivity index (χ4v) is 3.63. The third kappa shape index (κ3) is 4.97. The van der Waals surface area contributed by atoms with Crippen molar-refractivity contribution in [3.05, 3.63) is 75.8 Å². The van der Waals surface area contributed by atoms with Gasteiger partial charge in [-0.25, -0.2) is 0 Å². The van der Waals surface area contributed by atoms with Crippen LogP contribution in [0.4, 0.5) is 0 Å². The smallest absolute Gasteiger partial charge is 0.258 e. The molecule has 0 aliphatic carbocycles. The van der Waals surface area contributed by atoms with Crippen LogP contribution in [0.3, 0.4) is 0 Å². The molecule has 0 radical (unpaired) electrons. The molecule has 6 heteroatoms. The van der Waals surface area contributed by atoms with E-state index in [0.717, 1.165) is 21.6 Å². The predicted molar refractivity (Wildman–Crippen MR) is 118 cm³/mol. The van der Waals surface area contributed by atoms with E-state index in [4.69, 9.17) is 11.6 Å². The van der Waals surface area contributed by atoms with Crippen LogP contribution >= 0.6 is 11.6 Å². The SMILES string of the molecule is Cc1ccc(Cl)cc1/C=C1\CN(C)C(=O)CN(C(=O)C[C@H](C)c2ccccc2)C1=O. The van der Waals surface area contributed by atoms with Gasteiger partial charge in [-0.2, -0.15) is 0 Å². The lowest BCUT2D eigenvalue weighted by Gasteiger charge is -2.20. The summed E-state index contributed by atoms with van der Waals surface area (Å²) in [5, 5.41) is 0.558. The maximum atomic E-state index is 13.2. The molecule has 0 saturated carbocycles. The second-order valence-corrected chi connectivity index (χ2v) is 8.16. The van der Waals surface area contributed by atoms with Crippen molar-refractivity contribution in [2.75, 3.05) is 20.1 Å². The van der Waals surface area contributed by atoms with Crippen molar-refractivity contribution >= 4 is 35.4 Å². The van der Waals surface area contributed by atoms with E-state index in [1.165, 1.54) is 4.90 Å². The molecule has 30 heavy (non-hydrogen) atoms. The molecule has 0 aromatic heterocycles. The lowest BCUT2D eigenvalue weighted by Crippen LogP contribution is -2.41. The molecule has 156 valence electrons. The van der Waals surface area contributed by atoms with Gasteiger partial charge in [0, 0.05) is 24.1 Å². The van der Waals surface area contributed by atoms with Crippen LogP contribution in [0.25, 0.3) is 6.08 Å². The van der Waals surface area contributed by atoms with Crippen LogP contribution in [-0.4, -0.2) is 47.7 Å². The summed E-state index contributed by atoms with van der Waals surface area (Å²) in [5.74, 6) is -1.12. The highest BCUT2D eigenvalue weighted by atomic mass is 35.5. The zero-order chi connectivity index (χ0) is 21.8. The maximum Gasteiger partial charge on any atom is 0.258 e. The fourth-order valence-electron chi connectivity index (χ4n) is 3.45. The quantitative estimate of drug-likeness (QED) is 0.695. The number of hydrogen-bond donors (Lipinski definition) is 0. The van der Waals surface area contributed by atoms with Gasteiger partial charge >= 0.3 is 0 Å². The third-order valence-corrected chi connectivity index (χ3v) is 5.60. The number of amides is 3. The van der Waals surface area contributed by atoms with Crippen molar-refractivity contribution in [2.24, 2.45) is 0 Å². The molecule has 5 nitrogen and oxygen atoms in total. The second-order valence-electron chi connectivity index (χ2n) is 7.72. The number of hydrogen-bond acceptors (Lipinski definition) is 3. The molecule has 1 atom stereocenters. The van der Waals surface area contributed by atoms with Crippen LogP contribution in [-0.2, 0) is 14.4 Å². The van der Waals surface area contributed by atoms with Crippen LogP contribution in [0.1, 0.15) is 36.0 Å². The Hall–Kier alpha value is -2.92. The first-order valence-electron chi connectivity index (χ1n) is 9.86. The molecule has 0 unspecified atom stereocenters. The van der Waals surface area contributed by atoms with Crippen molar-refractivity contribution in [3.63, 3.8) is 0 Å². The topological polar surface area (TPSA) is 57.7 Å². The van der Waals surface area contributed by atoms with Crippen molar-refractivity contribution in [1.29, 1.82) is 0 Å². The van der Waals surface area contributed by atoms with Crippen molar-refractivity contribution in [2.45, 2.75) is 26.2 Å². The minimum atomic E-state index is -0.433. The summed E-state index contributed by atoms with van der Waals surface area (Å²) >= 11 is 6.11. The number of benzene rings is 2. The molecule has 3 amide bonds. The summed E-state index contributed by atoms with van der Waals surface area (Å²) in [5.41, 5.74) is 3.14. The second kappa shape index (κ2) is 9.26. The number of carbonyl (C=O) groups excluding carboxylic acids is 3. The van der Waals surface area contributed by atoms with E-state index in [2.05, 4.69) is 0 Å². The van der Waals surface area contributed by atoms with Gasteiger partial charge in [0.25, 0.3) is 5.91 Å². The van der Waals surface area contributed by atoms with Crippen LogP contribution in [0.5, 0.6) is 0 Å². The van der Waals surface area contributed by atoms with Gasteiger partial charge in [0.05, 0.1) is 6.54 Å². The summed E-state index contributed by atoms with van der Waals surface area (Å²) < 4.78 is 0. The van der Waals surface area contributed by atoms with E-state index in [0.29, 0.717) is 10.6 Å². The maximum absolute atomic E-state index is 13.2. The Morgan fingerprint density at radius 1 is 1.13 bits per heavy atom. The van der Waals surface area contributed by atoms with Gasteiger partial charge in [-0.1, -0.05) is 54.9 Å². The van der Waals surface area contributed by atoms with E-state index in [9.17, 15) is 14.4 Å².